The second-order valence-corrected chi connectivity index (χ2v) is 9.37. The quantitative estimate of drug-likeness (QED) is 0.478. The number of rotatable bonds is 4. The molecule has 1 aromatic heterocycles. The first kappa shape index (κ1) is 22.5. The third kappa shape index (κ3) is 4.86. The molecule has 0 aromatic carbocycles. The van der Waals surface area contributed by atoms with Crippen LogP contribution in [0.4, 0.5) is 0 Å². The van der Waals surface area contributed by atoms with Crippen LogP contribution in [0.15, 0.2) is 87.4 Å². The molecule has 0 atom stereocenters. The van der Waals surface area contributed by atoms with Crippen LogP contribution in [0.25, 0.3) is 6.08 Å². The molecule has 0 amide bonds. The number of hydrogen-bond acceptors (Lipinski definition) is 7. The van der Waals surface area contributed by atoms with E-state index in [2.05, 4.69) is 70.3 Å². The average molecular weight is 470 g/mol. The van der Waals surface area contributed by atoms with Gasteiger partial charge in [-0.3, -0.25) is 0 Å². The lowest BCUT2D eigenvalue weighted by Crippen LogP contribution is -2.34. The minimum absolute atomic E-state index is 0.455. The molecule has 168 valence electrons. The van der Waals surface area contributed by atoms with E-state index in [1.165, 1.54) is 5.03 Å². The number of pyridine rings is 1. The van der Waals surface area contributed by atoms with E-state index in [1.807, 2.05) is 37.5 Å². The van der Waals surface area contributed by atoms with Gasteiger partial charge in [0.25, 0.3) is 0 Å². The molecule has 0 unspecified atom stereocenters. The third-order valence-corrected chi connectivity index (χ3v) is 7.59. The molecule has 1 aromatic rings. The van der Waals surface area contributed by atoms with Crippen LogP contribution < -0.4 is 4.57 Å². The van der Waals surface area contributed by atoms with E-state index in [1.54, 1.807) is 23.5 Å². The van der Waals surface area contributed by atoms with Crippen molar-refractivity contribution in [3.05, 3.63) is 93.1 Å². The van der Waals surface area contributed by atoms with Gasteiger partial charge in [0.2, 0.25) is 5.69 Å². The maximum Gasteiger partial charge on any atom is 0.207 e. The van der Waals surface area contributed by atoms with Crippen molar-refractivity contribution < 1.29 is 14.0 Å². The molecule has 0 aliphatic carbocycles. The number of hydrogen-bond donors (Lipinski definition) is 0. The third-order valence-electron chi connectivity index (χ3n) is 5.22. The van der Waals surface area contributed by atoms with Crippen molar-refractivity contribution in [2.45, 2.75) is 6.92 Å². The monoisotopic (exact) mass is 469 g/mol. The number of thioether (sulfide) groups is 2. The van der Waals surface area contributed by atoms with Gasteiger partial charge in [-0.1, -0.05) is 12.2 Å². The van der Waals surface area contributed by atoms with Crippen molar-refractivity contribution in [3.8, 4) is 0 Å². The Bertz CT molecular complexity index is 1030. The van der Waals surface area contributed by atoms with Gasteiger partial charge in [0.1, 0.15) is 12.1 Å². The second-order valence-electron chi connectivity index (χ2n) is 7.41. The van der Waals surface area contributed by atoms with Gasteiger partial charge in [0.05, 0.1) is 10.7 Å². The Hall–Kier alpha value is -2.71. The Morgan fingerprint density at radius 3 is 2.69 bits per heavy atom. The minimum Gasteiger partial charge on any atom is -0.464 e. The molecule has 2 fully saturated rings. The van der Waals surface area contributed by atoms with Crippen LogP contribution in [0.2, 0.25) is 0 Å². The number of allylic oxidation sites excluding steroid dienone is 3. The SMILES string of the molecule is C=CCN1CO/C(=C2\C=CC=CN2C)S/C1=C1/OCN(CC)/C(=C/c2cccc[n+]2C)S1. The molecule has 0 spiro atoms. The summed E-state index contributed by atoms with van der Waals surface area (Å²) < 4.78 is 14.5. The Balaban J connectivity index is 1.70. The molecule has 0 saturated carbocycles. The van der Waals surface area contributed by atoms with Crippen molar-refractivity contribution in [2.24, 2.45) is 7.05 Å². The molecule has 32 heavy (non-hydrogen) atoms. The van der Waals surface area contributed by atoms with Crippen molar-refractivity contribution in [3.63, 3.8) is 0 Å². The average Bonchev–Trinajstić information content (AvgIpc) is 2.81. The highest BCUT2D eigenvalue weighted by Crippen LogP contribution is 2.45. The number of nitrogens with zero attached hydrogens (tertiary/aromatic N) is 4. The van der Waals surface area contributed by atoms with Crippen molar-refractivity contribution in [1.82, 2.24) is 14.7 Å². The molecule has 6 nitrogen and oxygen atoms in total. The lowest BCUT2D eigenvalue weighted by atomic mass is 10.3. The van der Waals surface area contributed by atoms with Crippen LogP contribution >= 0.6 is 23.5 Å². The van der Waals surface area contributed by atoms with Crippen LogP contribution in [0.1, 0.15) is 12.6 Å². The summed E-state index contributed by atoms with van der Waals surface area (Å²) in [4.78, 5) is 6.47. The van der Waals surface area contributed by atoms with Gasteiger partial charge in [-0.15, -0.1) is 6.58 Å². The molecule has 3 aliphatic heterocycles. The second kappa shape index (κ2) is 10.3. The predicted molar refractivity (Wildman–Crippen MR) is 132 cm³/mol. The maximum atomic E-state index is 6.26. The Labute approximate surface area is 198 Å². The topological polar surface area (TPSA) is 32.1 Å². The van der Waals surface area contributed by atoms with Gasteiger partial charge in [0.15, 0.2) is 29.8 Å². The highest BCUT2D eigenvalue weighted by atomic mass is 32.2. The molecule has 4 rings (SSSR count). The lowest BCUT2D eigenvalue weighted by molar-refractivity contribution is -0.673. The van der Waals surface area contributed by atoms with E-state index in [4.69, 9.17) is 9.47 Å². The van der Waals surface area contributed by atoms with E-state index in [0.717, 1.165) is 33.1 Å². The predicted octanol–water partition coefficient (Wildman–Crippen LogP) is 4.37. The van der Waals surface area contributed by atoms with Gasteiger partial charge >= 0.3 is 0 Å². The van der Waals surface area contributed by atoms with Crippen molar-refractivity contribution >= 4 is 29.6 Å². The number of ether oxygens (including phenoxy) is 2. The summed E-state index contributed by atoms with van der Waals surface area (Å²) in [5, 5.41) is 3.99. The molecule has 2 saturated heterocycles. The highest BCUT2D eigenvalue weighted by Gasteiger charge is 2.31. The smallest absolute Gasteiger partial charge is 0.207 e. The van der Waals surface area contributed by atoms with E-state index in [9.17, 15) is 0 Å². The minimum atomic E-state index is 0.455. The Morgan fingerprint density at radius 2 is 1.94 bits per heavy atom. The Morgan fingerprint density at radius 1 is 1.12 bits per heavy atom. The summed E-state index contributed by atoms with van der Waals surface area (Å²) in [5.41, 5.74) is 2.18. The number of aryl methyl sites for hydroxylation is 1. The highest BCUT2D eigenvalue weighted by molar-refractivity contribution is 8.10. The zero-order chi connectivity index (χ0) is 22.5. The molecular weight excluding hydrogens is 440 g/mol. The molecule has 3 aliphatic rings. The fraction of sp³-hybridized carbons (Fsp3) is 0.292. The number of likely N-dealkylation sites (N-methyl/N-ethyl adjacent to an activating group) is 1. The normalized spacial score (nSPS) is 24.6. The van der Waals surface area contributed by atoms with Gasteiger partial charge in [-0.2, -0.15) is 0 Å². The molecular formula is C24H29N4O2S2+. The van der Waals surface area contributed by atoms with Crippen molar-refractivity contribution in [1.29, 1.82) is 0 Å². The molecule has 8 heteroatoms. The summed E-state index contributed by atoms with van der Waals surface area (Å²) in [6, 6.07) is 6.22. The zero-order valence-electron chi connectivity index (χ0n) is 18.7. The first-order valence-electron chi connectivity index (χ1n) is 10.6. The van der Waals surface area contributed by atoms with Crippen LogP contribution in [-0.4, -0.2) is 48.3 Å². The largest absolute Gasteiger partial charge is 0.464 e. The molecule has 0 N–H and O–H groups in total. The summed E-state index contributed by atoms with van der Waals surface area (Å²) >= 11 is 3.27. The van der Waals surface area contributed by atoms with Crippen LogP contribution in [0.5, 0.6) is 0 Å². The lowest BCUT2D eigenvalue weighted by Gasteiger charge is -2.37. The fourth-order valence-electron chi connectivity index (χ4n) is 3.38. The van der Waals surface area contributed by atoms with E-state index < -0.39 is 0 Å². The van der Waals surface area contributed by atoms with Gasteiger partial charge in [-0.05, 0) is 48.7 Å². The summed E-state index contributed by atoms with van der Waals surface area (Å²) in [6.45, 7) is 8.61. The summed E-state index contributed by atoms with van der Waals surface area (Å²) in [6.07, 6.45) is 14.3. The van der Waals surface area contributed by atoms with E-state index >= 15 is 0 Å². The van der Waals surface area contributed by atoms with Gasteiger partial charge in [-0.25, -0.2) is 4.57 Å². The van der Waals surface area contributed by atoms with Gasteiger partial charge < -0.3 is 24.2 Å². The summed E-state index contributed by atoms with van der Waals surface area (Å²) in [5.74, 6) is 0. The van der Waals surface area contributed by atoms with Crippen molar-refractivity contribution in [2.75, 3.05) is 33.6 Å². The van der Waals surface area contributed by atoms with Gasteiger partial charge in [0, 0.05) is 44.5 Å². The maximum absolute atomic E-state index is 6.26. The van der Waals surface area contributed by atoms with Crippen LogP contribution in [-0.2, 0) is 16.5 Å². The first-order valence-corrected chi connectivity index (χ1v) is 12.2. The van der Waals surface area contributed by atoms with E-state index in [0.29, 0.717) is 20.0 Å². The zero-order valence-corrected chi connectivity index (χ0v) is 20.4. The fourth-order valence-corrected chi connectivity index (χ4v) is 5.64. The first-order chi connectivity index (χ1) is 15.6. The molecule has 0 radical (unpaired) electrons. The van der Waals surface area contributed by atoms with E-state index in [-0.39, 0.29) is 0 Å². The summed E-state index contributed by atoms with van der Waals surface area (Å²) in [7, 11) is 4.09. The Kier molecular flexibility index (Phi) is 7.22. The van der Waals surface area contributed by atoms with Crippen LogP contribution in [0.3, 0.4) is 0 Å². The molecule has 0 bridgehead atoms. The van der Waals surface area contributed by atoms with Crippen LogP contribution in [0, 0.1) is 0 Å². The molecule has 4 heterocycles. The number of aromatic nitrogens is 1. The standard InChI is InChI=1S/C24H29N4O2S2/c1-5-13-28-18-29-23(20-12-8-10-15-26(20)4)32-22(28)24-30-17-27(6-2)21(31-24)16-19-11-7-9-14-25(19)3/h5,7-12,14-16H,1,6,13,17-18H2,2-4H3/q+1/b23-20-,24-22-.